The number of rotatable bonds is 6. The van der Waals surface area contributed by atoms with E-state index >= 15 is 0 Å². The molecule has 1 amide bonds. The van der Waals surface area contributed by atoms with Crippen LogP contribution in [0.25, 0.3) is 5.82 Å². The topological polar surface area (TPSA) is 72.3 Å². The summed E-state index contributed by atoms with van der Waals surface area (Å²) in [5, 5.41) is 7.72. The van der Waals surface area contributed by atoms with Crippen molar-refractivity contribution >= 4 is 17.5 Å². The lowest BCUT2D eigenvalue weighted by molar-refractivity contribution is 0.0340. The molecule has 31 heavy (non-hydrogen) atoms. The molecule has 1 aliphatic rings. The van der Waals surface area contributed by atoms with Crippen LogP contribution in [0.5, 0.6) is 0 Å². The third-order valence-electron chi connectivity index (χ3n) is 5.33. The highest BCUT2D eigenvalue weighted by molar-refractivity contribution is 6.33. The third kappa shape index (κ3) is 5.12. The zero-order chi connectivity index (χ0) is 21.8. The number of carbonyl (C=O) groups excluding carboxylic acids is 1. The summed E-state index contributed by atoms with van der Waals surface area (Å²) in [4.78, 5) is 19.7. The molecule has 0 aliphatic carbocycles. The molecule has 3 aromatic rings. The number of benzene rings is 1. The maximum absolute atomic E-state index is 12.9. The zero-order valence-electron chi connectivity index (χ0n) is 17.8. The van der Waals surface area contributed by atoms with E-state index in [-0.39, 0.29) is 11.6 Å². The molecular formula is C23H26ClN5O2. The number of nitrogens with zero attached hydrogens (tertiary/aromatic N) is 4. The highest BCUT2D eigenvalue weighted by Gasteiger charge is 2.17. The minimum Gasteiger partial charge on any atom is -0.379 e. The summed E-state index contributed by atoms with van der Waals surface area (Å²) in [7, 11) is 0. The fourth-order valence-corrected chi connectivity index (χ4v) is 3.90. The monoisotopic (exact) mass is 439 g/mol. The van der Waals surface area contributed by atoms with Gasteiger partial charge in [0.2, 0.25) is 0 Å². The van der Waals surface area contributed by atoms with Crippen molar-refractivity contribution in [2.45, 2.75) is 26.9 Å². The first kappa shape index (κ1) is 21.5. The van der Waals surface area contributed by atoms with Crippen molar-refractivity contribution in [1.29, 1.82) is 0 Å². The smallest absolute Gasteiger partial charge is 0.271 e. The van der Waals surface area contributed by atoms with Crippen LogP contribution in [0.2, 0.25) is 5.02 Å². The Morgan fingerprint density at radius 3 is 2.58 bits per heavy atom. The summed E-state index contributed by atoms with van der Waals surface area (Å²) in [6, 6.07) is 13.6. The van der Waals surface area contributed by atoms with Gasteiger partial charge in [-0.05, 0) is 43.2 Å². The van der Waals surface area contributed by atoms with Gasteiger partial charge in [0.15, 0.2) is 5.82 Å². The Hall–Kier alpha value is -2.74. The van der Waals surface area contributed by atoms with Crippen LogP contribution in [0.15, 0.2) is 42.5 Å². The molecule has 7 nitrogen and oxygen atoms in total. The van der Waals surface area contributed by atoms with Gasteiger partial charge in [0.1, 0.15) is 5.69 Å². The SMILES string of the molecule is Cc1cc(C)n(-c2ccc(Cl)c(C(=O)NCc3ccccc3CN3CCOCC3)n2)n1. The fourth-order valence-electron chi connectivity index (χ4n) is 3.71. The largest absolute Gasteiger partial charge is 0.379 e. The normalized spacial score (nSPS) is 14.5. The fraction of sp³-hybridized carbons (Fsp3) is 0.348. The van der Waals surface area contributed by atoms with E-state index in [4.69, 9.17) is 16.3 Å². The summed E-state index contributed by atoms with van der Waals surface area (Å²) < 4.78 is 7.14. The standard InChI is InChI=1S/C23H26ClN5O2/c1-16-13-17(2)29(27-16)21-8-7-20(24)22(26-21)23(30)25-14-18-5-3-4-6-19(18)15-28-9-11-31-12-10-28/h3-8,13H,9-12,14-15H2,1-2H3,(H,25,30). The first-order valence-corrected chi connectivity index (χ1v) is 10.7. The van der Waals surface area contributed by atoms with Crippen LogP contribution in [0, 0.1) is 13.8 Å². The van der Waals surface area contributed by atoms with Crippen molar-refractivity contribution in [1.82, 2.24) is 25.0 Å². The third-order valence-corrected chi connectivity index (χ3v) is 5.63. The van der Waals surface area contributed by atoms with Crippen LogP contribution in [0.3, 0.4) is 0 Å². The zero-order valence-corrected chi connectivity index (χ0v) is 18.5. The minimum atomic E-state index is -0.311. The first-order valence-electron chi connectivity index (χ1n) is 10.4. The molecule has 1 fully saturated rings. The van der Waals surface area contributed by atoms with Crippen molar-refractivity contribution in [3.63, 3.8) is 0 Å². The molecule has 1 aliphatic heterocycles. The molecule has 4 rings (SSSR count). The number of amides is 1. The van der Waals surface area contributed by atoms with Crippen LogP contribution >= 0.6 is 11.6 Å². The number of hydrogen-bond acceptors (Lipinski definition) is 5. The quantitative estimate of drug-likeness (QED) is 0.638. The summed E-state index contributed by atoms with van der Waals surface area (Å²) in [5.74, 6) is 0.252. The van der Waals surface area contributed by atoms with Crippen molar-refractivity contribution < 1.29 is 9.53 Å². The van der Waals surface area contributed by atoms with Gasteiger partial charge in [-0.3, -0.25) is 9.69 Å². The molecule has 0 spiro atoms. The van der Waals surface area contributed by atoms with E-state index in [1.807, 2.05) is 38.1 Å². The van der Waals surface area contributed by atoms with Gasteiger partial charge in [-0.1, -0.05) is 35.9 Å². The number of hydrogen-bond donors (Lipinski definition) is 1. The number of carbonyl (C=O) groups is 1. The lowest BCUT2D eigenvalue weighted by atomic mass is 10.1. The van der Waals surface area contributed by atoms with E-state index in [1.54, 1.807) is 16.8 Å². The maximum Gasteiger partial charge on any atom is 0.271 e. The summed E-state index contributed by atoms with van der Waals surface area (Å²) >= 11 is 6.29. The van der Waals surface area contributed by atoms with Gasteiger partial charge in [0.25, 0.3) is 5.91 Å². The van der Waals surface area contributed by atoms with E-state index in [1.165, 1.54) is 5.56 Å². The lowest BCUT2D eigenvalue weighted by Gasteiger charge is -2.27. The molecule has 162 valence electrons. The van der Waals surface area contributed by atoms with Gasteiger partial charge < -0.3 is 10.1 Å². The second-order valence-corrected chi connectivity index (χ2v) is 8.09. The van der Waals surface area contributed by atoms with E-state index in [2.05, 4.69) is 26.4 Å². The average Bonchev–Trinajstić information content (AvgIpc) is 3.12. The Morgan fingerprint density at radius 1 is 1.13 bits per heavy atom. The molecule has 0 bridgehead atoms. The average molecular weight is 440 g/mol. The molecular weight excluding hydrogens is 414 g/mol. The van der Waals surface area contributed by atoms with Crippen molar-refractivity contribution in [2.75, 3.05) is 26.3 Å². The van der Waals surface area contributed by atoms with Crippen molar-refractivity contribution in [2.24, 2.45) is 0 Å². The Labute approximate surface area is 187 Å². The van der Waals surface area contributed by atoms with E-state index in [9.17, 15) is 4.79 Å². The molecule has 3 heterocycles. The molecule has 0 unspecified atom stereocenters. The van der Waals surface area contributed by atoms with Crippen molar-refractivity contribution in [3.05, 3.63) is 75.7 Å². The van der Waals surface area contributed by atoms with Gasteiger partial charge in [-0.2, -0.15) is 5.10 Å². The highest BCUT2D eigenvalue weighted by atomic mass is 35.5. The number of halogens is 1. The second kappa shape index (κ2) is 9.60. The Morgan fingerprint density at radius 2 is 1.87 bits per heavy atom. The Bertz CT molecular complexity index is 1080. The number of pyridine rings is 1. The molecule has 8 heteroatoms. The minimum absolute atomic E-state index is 0.192. The van der Waals surface area contributed by atoms with Gasteiger partial charge in [0.05, 0.1) is 23.9 Å². The predicted molar refractivity (Wildman–Crippen MR) is 120 cm³/mol. The van der Waals surface area contributed by atoms with Crippen molar-refractivity contribution in [3.8, 4) is 5.82 Å². The van der Waals surface area contributed by atoms with Gasteiger partial charge >= 0.3 is 0 Å². The Kier molecular flexibility index (Phi) is 6.65. The lowest BCUT2D eigenvalue weighted by Crippen LogP contribution is -2.36. The molecule has 0 atom stereocenters. The molecule has 1 aromatic carbocycles. The van der Waals surface area contributed by atoms with Crippen LogP contribution in [0.1, 0.15) is 33.0 Å². The van der Waals surface area contributed by atoms with E-state index in [0.29, 0.717) is 17.4 Å². The number of nitrogens with one attached hydrogen (secondary N) is 1. The van der Waals surface area contributed by atoms with E-state index in [0.717, 1.165) is 49.8 Å². The Balaban J connectivity index is 1.48. The predicted octanol–water partition coefficient (Wildman–Crippen LogP) is 3.30. The van der Waals surface area contributed by atoms with Crippen LogP contribution in [0.4, 0.5) is 0 Å². The van der Waals surface area contributed by atoms with Gasteiger partial charge in [-0.25, -0.2) is 9.67 Å². The molecule has 0 radical (unpaired) electrons. The number of aryl methyl sites for hydroxylation is 2. The van der Waals surface area contributed by atoms with Crippen LogP contribution in [-0.2, 0) is 17.8 Å². The number of aromatic nitrogens is 3. The number of morpholine rings is 1. The second-order valence-electron chi connectivity index (χ2n) is 7.68. The van der Waals surface area contributed by atoms with Crippen LogP contribution < -0.4 is 5.32 Å². The molecule has 2 aromatic heterocycles. The summed E-state index contributed by atoms with van der Waals surface area (Å²) in [5.41, 5.74) is 4.29. The first-order chi connectivity index (χ1) is 15.0. The molecule has 1 saturated heterocycles. The molecule has 1 N–H and O–H groups in total. The number of ether oxygens (including phenoxy) is 1. The van der Waals surface area contributed by atoms with E-state index < -0.39 is 0 Å². The summed E-state index contributed by atoms with van der Waals surface area (Å²) in [6.07, 6.45) is 0. The highest BCUT2D eigenvalue weighted by Crippen LogP contribution is 2.18. The van der Waals surface area contributed by atoms with Crippen LogP contribution in [-0.4, -0.2) is 51.9 Å². The molecule has 0 saturated carbocycles. The summed E-state index contributed by atoms with van der Waals surface area (Å²) in [6.45, 7) is 8.45. The van der Waals surface area contributed by atoms with Gasteiger partial charge in [0, 0.05) is 31.9 Å². The van der Waals surface area contributed by atoms with Gasteiger partial charge in [-0.15, -0.1) is 0 Å². The maximum atomic E-state index is 12.9.